The monoisotopic (exact) mass is 917 g/mol. The molecule has 0 bridgehead atoms. The number of carbonyl (C=O) groups is 5. The molecule has 2 aliphatic carbocycles. The van der Waals surface area contributed by atoms with Gasteiger partial charge in [0.15, 0.2) is 0 Å². The smallest absolute Gasteiger partial charge is 0.273 e. The fourth-order valence-electron chi connectivity index (χ4n) is 9.14. The first-order valence-electron chi connectivity index (χ1n) is 24.3. The minimum atomic E-state index is -2.21. The van der Waals surface area contributed by atoms with Crippen molar-refractivity contribution in [1.82, 2.24) is 36.4 Å². The van der Waals surface area contributed by atoms with Crippen molar-refractivity contribution in [1.29, 1.82) is 0 Å². The van der Waals surface area contributed by atoms with E-state index in [9.17, 15) is 29.1 Å². The molecule has 7 rings (SSSR count). The molecule has 66 heavy (non-hydrogen) atoms. The summed E-state index contributed by atoms with van der Waals surface area (Å²) >= 11 is 1.19. The highest BCUT2D eigenvalue weighted by Gasteiger charge is 2.49. The molecular formula is C52H67N7O6S. The first-order valence-corrected chi connectivity index (χ1v) is 25.1. The van der Waals surface area contributed by atoms with E-state index < -0.39 is 29.4 Å². The number of carbonyl (C=O) groups excluding carboxylic acids is 5. The Morgan fingerprint density at radius 2 is 1.21 bits per heavy atom. The van der Waals surface area contributed by atoms with Crippen LogP contribution in [0.4, 0.5) is 0 Å². The topological polar surface area (TPSA) is 183 Å². The fourth-order valence-corrected chi connectivity index (χ4v) is 10.1. The van der Waals surface area contributed by atoms with Crippen LogP contribution in [0.2, 0.25) is 0 Å². The van der Waals surface area contributed by atoms with Gasteiger partial charge >= 0.3 is 0 Å². The van der Waals surface area contributed by atoms with Crippen LogP contribution in [0, 0.1) is 11.8 Å². The number of aliphatic hydroxyl groups is 1. The average Bonchev–Trinajstić information content (AvgIpc) is 4.17. The summed E-state index contributed by atoms with van der Waals surface area (Å²) in [6, 6.07) is 27.0. The van der Waals surface area contributed by atoms with Gasteiger partial charge in [-0.25, -0.2) is 0 Å². The quantitative estimate of drug-likeness (QED) is 0.0336. The number of hydrogen-bond acceptors (Lipinski definition) is 9. The summed E-state index contributed by atoms with van der Waals surface area (Å²) < 4.78 is 0. The van der Waals surface area contributed by atoms with E-state index in [-0.39, 0.29) is 67.6 Å². The van der Waals surface area contributed by atoms with Gasteiger partial charge in [0.2, 0.25) is 23.4 Å². The lowest BCUT2D eigenvalue weighted by atomic mass is 9.94. The summed E-state index contributed by atoms with van der Waals surface area (Å²) in [5.74, 6) is -2.74. The molecule has 13 nitrogen and oxygen atoms in total. The van der Waals surface area contributed by atoms with Crippen LogP contribution in [0.1, 0.15) is 142 Å². The van der Waals surface area contributed by atoms with Crippen LogP contribution in [-0.4, -0.2) is 87.2 Å². The molecule has 0 spiro atoms. The summed E-state index contributed by atoms with van der Waals surface area (Å²) in [5.41, 5.74) is 1.21. The van der Waals surface area contributed by atoms with Gasteiger partial charge in [-0.3, -0.25) is 24.0 Å². The molecule has 352 valence electrons. The van der Waals surface area contributed by atoms with E-state index in [0.29, 0.717) is 34.1 Å². The van der Waals surface area contributed by atoms with E-state index >= 15 is 0 Å². The van der Waals surface area contributed by atoms with Crippen LogP contribution in [0.15, 0.2) is 84.9 Å². The number of unbranched alkanes of at least 4 members (excludes halogenated alkanes) is 9. The number of nitrogens with one attached hydrogen (secondary N) is 4. The highest BCUT2D eigenvalue weighted by molar-refractivity contribution is 7.14. The third-order valence-electron chi connectivity index (χ3n) is 13.3. The number of aromatic nitrogens is 2. The van der Waals surface area contributed by atoms with Gasteiger partial charge in [0.1, 0.15) is 10.0 Å². The maximum Gasteiger partial charge on any atom is 0.273 e. The third kappa shape index (κ3) is 13.1. The molecule has 2 saturated carbocycles. The second kappa shape index (κ2) is 23.3. The zero-order valence-corrected chi connectivity index (χ0v) is 39.3. The predicted octanol–water partition coefficient (Wildman–Crippen LogP) is 7.42. The Kier molecular flexibility index (Phi) is 17.1. The fraction of sp³-hybridized carbons (Fsp3) is 0.519. The van der Waals surface area contributed by atoms with Crippen molar-refractivity contribution < 1.29 is 29.1 Å². The molecular weight excluding hydrogens is 851 g/mol. The molecule has 14 heteroatoms. The van der Waals surface area contributed by atoms with Gasteiger partial charge in [-0.1, -0.05) is 156 Å². The molecule has 3 aliphatic rings. The predicted molar refractivity (Wildman–Crippen MR) is 256 cm³/mol. The number of likely N-dealkylation sites (tertiary alicyclic amines) is 1. The highest BCUT2D eigenvalue weighted by Crippen LogP contribution is 2.43. The van der Waals surface area contributed by atoms with Gasteiger partial charge in [0.05, 0.1) is 18.3 Å². The van der Waals surface area contributed by atoms with Gasteiger partial charge < -0.3 is 31.3 Å². The van der Waals surface area contributed by atoms with Crippen LogP contribution in [0.25, 0.3) is 10.6 Å². The number of benzene rings is 3. The van der Waals surface area contributed by atoms with Gasteiger partial charge in [0, 0.05) is 61.1 Å². The molecule has 4 aromatic rings. The SMILES string of the molecule is CCCCCCCCCC(=O)NC(O)(Cc1nnc(-c2ccc(C(=O)N3C[C@@H](C(=O)N[C@H]4C[C@@H]4c4ccccc4)[C@H](C(=O)N[C@H]4C[C@@H]4c4ccccc4)C3)cc2)s1)C(=O)NCCCCCC. The van der Waals surface area contributed by atoms with E-state index in [1.165, 1.54) is 41.7 Å². The van der Waals surface area contributed by atoms with Gasteiger partial charge in [-0.05, 0) is 48.9 Å². The minimum Gasteiger partial charge on any atom is -0.363 e. The van der Waals surface area contributed by atoms with E-state index in [4.69, 9.17) is 0 Å². The Morgan fingerprint density at radius 1 is 0.682 bits per heavy atom. The van der Waals surface area contributed by atoms with Crippen LogP contribution >= 0.6 is 11.3 Å². The lowest BCUT2D eigenvalue weighted by molar-refractivity contribution is -0.149. The Bertz CT molecular complexity index is 2160. The van der Waals surface area contributed by atoms with E-state index in [2.05, 4.69) is 69.6 Å². The lowest BCUT2D eigenvalue weighted by Crippen LogP contribution is -2.60. The molecule has 3 fully saturated rings. The molecule has 1 unspecified atom stereocenters. The summed E-state index contributed by atoms with van der Waals surface area (Å²) in [6.45, 7) is 4.90. The van der Waals surface area contributed by atoms with Crippen molar-refractivity contribution in [3.05, 3.63) is 107 Å². The van der Waals surface area contributed by atoms with Crippen molar-refractivity contribution in [2.45, 2.75) is 140 Å². The van der Waals surface area contributed by atoms with Gasteiger partial charge in [-0.2, -0.15) is 0 Å². The van der Waals surface area contributed by atoms with E-state index in [0.717, 1.165) is 57.8 Å². The molecule has 1 saturated heterocycles. The number of nitrogens with zero attached hydrogens (tertiary/aromatic N) is 3. The summed E-state index contributed by atoms with van der Waals surface area (Å²) in [7, 11) is 0. The Labute approximate surface area is 393 Å². The van der Waals surface area contributed by atoms with Crippen LogP contribution in [0.5, 0.6) is 0 Å². The van der Waals surface area contributed by atoms with Crippen molar-refractivity contribution in [2.75, 3.05) is 19.6 Å². The number of amides is 5. The number of hydrogen-bond donors (Lipinski definition) is 5. The van der Waals surface area contributed by atoms with Crippen LogP contribution in [-0.2, 0) is 25.6 Å². The molecule has 0 radical (unpaired) electrons. The molecule has 2 heterocycles. The molecule has 1 aromatic heterocycles. The van der Waals surface area contributed by atoms with Crippen molar-refractivity contribution >= 4 is 40.9 Å². The first kappa shape index (κ1) is 48.5. The average molecular weight is 918 g/mol. The van der Waals surface area contributed by atoms with E-state index in [1.54, 1.807) is 29.2 Å². The maximum absolute atomic E-state index is 14.1. The minimum absolute atomic E-state index is 0.0163. The first-order chi connectivity index (χ1) is 32.1. The van der Waals surface area contributed by atoms with Crippen molar-refractivity contribution in [3.8, 4) is 10.6 Å². The second-order valence-corrected chi connectivity index (χ2v) is 19.6. The molecule has 3 aromatic carbocycles. The molecule has 5 N–H and O–H groups in total. The second-order valence-electron chi connectivity index (χ2n) is 18.5. The molecule has 5 amide bonds. The maximum atomic E-state index is 14.1. The highest BCUT2D eigenvalue weighted by atomic mass is 32.1. The summed E-state index contributed by atoms with van der Waals surface area (Å²) in [4.78, 5) is 70.1. The molecule has 7 atom stereocenters. The van der Waals surface area contributed by atoms with Gasteiger partial charge in [-0.15, -0.1) is 10.2 Å². The standard InChI is InChI=1S/C52H67N7O6S/c1-3-5-7-9-10-11-18-24-45(60)56-52(65,51(64)53-29-19-8-6-4-2)32-46-57-58-49(66-46)37-25-27-38(28-26-37)50(63)59-33-41(47(61)54-43-30-39(43)35-20-14-12-15-21-35)42(34-59)48(62)55-44-31-40(44)36-22-16-13-17-23-36/h12-17,20-23,25-28,39-44,65H,3-11,18-19,24,29-34H2,1-2H3,(H,53,64)(H,54,61)(H,55,62)(H,56,60)/t39-,40-,41-,42-,43+,44+,52?/m1/s1. The number of rotatable bonds is 25. The zero-order valence-electron chi connectivity index (χ0n) is 38.5. The summed E-state index contributed by atoms with van der Waals surface area (Å²) in [5, 5.41) is 33.0. The van der Waals surface area contributed by atoms with Crippen LogP contribution in [0.3, 0.4) is 0 Å². The Hall–Kier alpha value is -5.47. The van der Waals surface area contributed by atoms with Crippen molar-refractivity contribution in [3.63, 3.8) is 0 Å². The van der Waals surface area contributed by atoms with Crippen LogP contribution < -0.4 is 21.3 Å². The Balaban J connectivity index is 0.983. The van der Waals surface area contributed by atoms with E-state index in [1.807, 2.05) is 36.4 Å². The summed E-state index contributed by atoms with van der Waals surface area (Å²) in [6.07, 6.45) is 12.7. The Morgan fingerprint density at radius 3 is 1.77 bits per heavy atom. The zero-order chi connectivity index (χ0) is 46.5. The largest absolute Gasteiger partial charge is 0.363 e. The third-order valence-corrected chi connectivity index (χ3v) is 14.2. The lowest BCUT2D eigenvalue weighted by Gasteiger charge is -2.27. The normalized spacial score (nSPS) is 21.7. The van der Waals surface area contributed by atoms with Crippen molar-refractivity contribution in [2.24, 2.45) is 11.8 Å². The van der Waals surface area contributed by atoms with Gasteiger partial charge in [0.25, 0.3) is 11.8 Å². The molecule has 1 aliphatic heterocycles.